The van der Waals surface area contributed by atoms with E-state index in [0.29, 0.717) is 5.56 Å². The second kappa shape index (κ2) is 7.79. The third-order valence-electron chi connectivity index (χ3n) is 6.34. The Labute approximate surface area is 183 Å². The summed E-state index contributed by atoms with van der Waals surface area (Å²) in [6.07, 6.45) is 2.94. The number of β-amino-alcohol motifs (C(OH)–C–C–N with tert-alkyl or cyclic N) is 1. The molecular formula is C22H24F2N6O2. The van der Waals surface area contributed by atoms with Crippen LogP contribution in [0.2, 0.25) is 0 Å². The molecule has 2 aliphatic rings. The number of halogens is 2. The second-order valence-electron chi connectivity index (χ2n) is 8.68. The van der Waals surface area contributed by atoms with Crippen molar-refractivity contribution in [1.29, 1.82) is 0 Å². The number of anilines is 2. The van der Waals surface area contributed by atoms with Gasteiger partial charge in [-0.2, -0.15) is 15.4 Å². The Morgan fingerprint density at radius 3 is 2.78 bits per heavy atom. The zero-order chi connectivity index (χ0) is 22.5. The minimum absolute atomic E-state index is 0.00234. The molecular weight excluding hydrogens is 418 g/mol. The predicted octanol–water partition coefficient (Wildman–Crippen LogP) is 2.62. The highest BCUT2D eigenvalue weighted by molar-refractivity contribution is 6.04. The summed E-state index contributed by atoms with van der Waals surface area (Å²) in [6, 6.07) is 5.85. The van der Waals surface area contributed by atoms with Gasteiger partial charge in [0.2, 0.25) is 0 Å². The second-order valence-corrected chi connectivity index (χ2v) is 8.68. The average Bonchev–Trinajstić information content (AvgIpc) is 3.24. The number of rotatable bonds is 4. The highest BCUT2D eigenvalue weighted by atomic mass is 19.1. The molecule has 0 saturated carbocycles. The van der Waals surface area contributed by atoms with Gasteiger partial charge in [0.15, 0.2) is 11.3 Å². The maximum Gasteiger partial charge on any atom is 0.256 e. The van der Waals surface area contributed by atoms with Crippen LogP contribution in [0.1, 0.15) is 35.2 Å². The van der Waals surface area contributed by atoms with Crippen molar-refractivity contribution in [2.45, 2.75) is 37.8 Å². The van der Waals surface area contributed by atoms with Crippen LogP contribution in [0.5, 0.6) is 0 Å². The number of nitrogens with one attached hydrogen (secondary N) is 3. The molecule has 3 aromatic rings. The van der Waals surface area contributed by atoms with E-state index < -0.39 is 23.1 Å². The van der Waals surface area contributed by atoms with Crippen LogP contribution in [-0.4, -0.2) is 62.6 Å². The van der Waals surface area contributed by atoms with Crippen molar-refractivity contribution in [3.05, 3.63) is 47.0 Å². The number of nitrogens with zero attached hydrogens (tertiary/aromatic N) is 3. The van der Waals surface area contributed by atoms with Crippen molar-refractivity contribution < 1.29 is 18.7 Å². The molecule has 0 bridgehead atoms. The number of fused-ring (bicyclic) bond motifs is 1. The van der Waals surface area contributed by atoms with Gasteiger partial charge in [-0.25, -0.2) is 8.78 Å². The SMILES string of the molecule is Cc1ccc(Nc2c(C(=O)N3CC(O)(C4CCCCN4)C3)cc3n[nH]nc3c2F)c(F)c1. The first kappa shape index (κ1) is 20.8. The molecule has 0 radical (unpaired) electrons. The number of aromatic amines is 1. The van der Waals surface area contributed by atoms with E-state index in [0.717, 1.165) is 25.8 Å². The van der Waals surface area contributed by atoms with Gasteiger partial charge in [-0.15, -0.1) is 0 Å². The summed E-state index contributed by atoms with van der Waals surface area (Å²) in [5, 5.41) is 27.0. The van der Waals surface area contributed by atoms with Crippen LogP contribution in [-0.2, 0) is 0 Å². The third-order valence-corrected chi connectivity index (χ3v) is 6.34. The number of aryl methyl sites for hydroxylation is 1. The smallest absolute Gasteiger partial charge is 0.256 e. The summed E-state index contributed by atoms with van der Waals surface area (Å²) in [5.74, 6) is -1.83. The predicted molar refractivity (Wildman–Crippen MR) is 115 cm³/mol. The van der Waals surface area contributed by atoms with Gasteiger partial charge in [0.25, 0.3) is 5.91 Å². The van der Waals surface area contributed by atoms with E-state index in [2.05, 4.69) is 26.0 Å². The number of carbonyl (C=O) groups excluding carboxylic acids is 1. The summed E-state index contributed by atoms with van der Waals surface area (Å²) in [4.78, 5) is 14.8. The lowest BCUT2D eigenvalue weighted by Crippen LogP contribution is -2.72. The fourth-order valence-electron chi connectivity index (χ4n) is 4.55. The topological polar surface area (TPSA) is 106 Å². The summed E-state index contributed by atoms with van der Waals surface area (Å²) in [5.41, 5.74) is -0.295. The zero-order valence-electron chi connectivity index (χ0n) is 17.6. The van der Waals surface area contributed by atoms with E-state index >= 15 is 4.39 Å². The first-order chi connectivity index (χ1) is 15.4. The molecule has 2 fully saturated rings. The van der Waals surface area contributed by atoms with Gasteiger partial charge in [0, 0.05) is 6.04 Å². The molecule has 32 heavy (non-hydrogen) atoms. The van der Waals surface area contributed by atoms with Crippen molar-refractivity contribution in [2.24, 2.45) is 0 Å². The minimum atomic E-state index is -1.01. The Hall–Kier alpha value is -3.11. The van der Waals surface area contributed by atoms with Crippen molar-refractivity contribution in [1.82, 2.24) is 25.6 Å². The van der Waals surface area contributed by atoms with Crippen LogP contribution >= 0.6 is 0 Å². The maximum atomic E-state index is 15.3. The third kappa shape index (κ3) is 3.49. The first-order valence-corrected chi connectivity index (χ1v) is 10.7. The van der Waals surface area contributed by atoms with E-state index in [4.69, 9.17) is 0 Å². The summed E-state index contributed by atoms with van der Waals surface area (Å²) in [6.45, 7) is 2.86. The lowest BCUT2D eigenvalue weighted by molar-refractivity contribution is -0.108. The molecule has 0 aliphatic carbocycles. The molecule has 0 spiro atoms. The average molecular weight is 442 g/mol. The zero-order valence-corrected chi connectivity index (χ0v) is 17.6. The molecule has 10 heteroatoms. The molecule has 2 saturated heterocycles. The Bertz CT molecular complexity index is 1180. The van der Waals surface area contributed by atoms with Crippen molar-refractivity contribution >= 4 is 28.3 Å². The van der Waals surface area contributed by atoms with E-state index in [1.807, 2.05) is 0 Å². The number of carbonyl (C=O) groups is 1. The number of aromatic nitrogens is 3. The highest BCUT2D eigenvalue weighted by Gasteiger charge is 2.49. The van der Waals surface area contributed by atoms with E-state index in [-0.39, 0.29) is 47.1 Å². The highest BCUT2D eigenvalue weighted by Crippen LogP contribution is 2.35. The van der Waals surface area contributed by atoms with Crippen LogP contribution in [0.3, 0.4) is 0 Å². The van der Waals surface area contributed by atoms with Crippen molar-refractivity contribution in [3.63, 3.8) is 0 Å². The quantitative estimate of drug-likeness (QED) is 0.495. The van der Waals surface area contributed by atoms with E-state index in [1.165, 1.54) is 23.1 Å². The number of H-pyrrole nitrogens is 1. The standard InChI is InChI=1S/C22H24F2N6O2/c1-12-5-6-15(14(23)8-12)26-19-13(9-16-20(18(19)24)28-29-27-16)21(31)30-10-22(32,11-30)17-4-2-3-7-25-17/h5-6,8-9,17,25-26,32H,2-4,7,10-11H2,1H3,(H,27,28,29). The molecule has 1 atom stereocenters. The molecule has 2 aromatic carbocycles. The molecule has 4 N–H and O–H groups in total. The lowest BCUT2D eigenvalue weighted by atomic mass is 9.81. The number of hydrogen-bond donors (Lipinski definition) is 4. The van der Waals surface area contributed by atoms with Crippen molar-refractivity contribution in [2.75, 3.05) is 25.0 Å². The Balaban J connectivity index is 1.46. The molecule has 1 unspecified atom stereocenters. The summed E-state index contributed by atoms with van der Waals surface area (Å²) in [7, 11) is 0. The fourth-order valence-corrected chi connectivity index (χ4v) is 4.55. The van der Waals surface area contributed by atoms with Crippen LogP contribution in [0.4, 0.5) is 20.2 Å². The van der Waals surface area contributed by atoms with E-state index in [1.54, 1.807) is 13.0 Å². The molecule has 8 nitrogen and oxygen atoms in total. The number of hydrogen-bond acceptors (Lipinski definition) is 6. The molecule has 1 aromatic heterocycles. The number of amides is 1. The van der Waals surface area contributed by atoms with Gasteiger partial charge in [-0.3, -0.25) is 4.79 Å². The first-order valence-electron chi connectivity index (χ1n) is 10.7. The van der Waals surface area contributed by atoms with Gasteiger partial charge < -0.3 is 20.6 Å². The molecule has 5 rings (SSSR count). The van der Waals surface area contributed by atoms with E-state index in [9.17, 15) is 14.3 Å². The van der Waals surface area contributed by atoms with Gasteiger partial charge >= 0.3 is 0 Å². The van der Waals surface area contributed by atoms with Crippen LogP contribution in [0.15, 0.2) is 24.3 Å². The molecule has 168 valence electrons. The van der Waals surface area contributed by atoms with Gasteiger partial charge in [-0.1, -0.05) is 12.5 Å². The summed E-state index contributed by atoms with van der Waals surface area (Å²) < 4.78 is 29.8. The number of aliphatic hydroxyl groups is 1. The normalized spacial score (nSPS) is 20.2. The lowest BCUT2D eigenvalue weighted by Gasteiger charge is -2.51. The largest absolute Gasteiger partial charge is 0.385 e. The van der Waals surface area contributed by atoms with Crippen LogP contribution in [0, 0.1) is 18.6 Å². The van der Waals surface area contributed by atoms with Gasteiger partial charge in [-0.05, 0) is 50.1 Å². The minimum Gasteiger partial charge on any atom is -0.385 e. The van der Waals surface area contributed by atoms with Crippen LogP contribution in [0.25, 0.3) is 11.0 Å². The Morgan fingerprint density at radius 2 is 2.06 bits per heavy atom. The van der Waals surface area contributed by atoms with Gasteiger partial charge in [0.05, 0.1) is 30.0 Å². The fraction of sp³-hybridized carbons (Fsp3) is 0.409. The Morgan fingerprint density at radius 1 is 1.25 bits per heavy atom. The molecule has 1 amide bonds. The Kier molecular flexibility index (Phi) is 5.06. The number of piperidine rings is 1. The molecule has 2 aliphatic heterocycles. The van der Waals surface area contributed by atoms with Crippen molar-refractivity contribution in [3.8, 4) is 0 Å². The maximum absolute atomic E-state index is 15.3. The summed E-state index contributed by atoms with van der Waals surface area (Å²) >= 11 is 0. The van der Waals surface area contributed by atoms with Gasteiger partial charge in [0.1, 0.15) is 16.9 Å². The monoisotopic (exact) mass is 442 g/mol. The van der Waals surface area contributed by atoms with Crippen LogP contribution < -0.4 is 10.6 Å². The molecule has 3 heterocycles. The number of likely N-dealkylation sites (tertiary alicyclic amines) is 1. The number of benzene rings is 2.